The molecule has 3 atom stereocenters. The summed E-state index contributed by atoms with van der Waals surface area (Å²) in [5.74, 6) is 1.77. The molecule has 82 valence electrons. The maximum atomic E-state index is 12.1. The van der Waals surface area contributed by atoms with Crippen molar-refractivity contribution >= 4 is 5.78 Å². The molecule has 0 amide bonds. The molecule has 3 unspecified atom stereocenters. The fraction of sp³-hybridized carbons (Fsp3) is 0.786. The van der Waals surface area contributed by atoms with Crippen LogP contribution in [0.15, 0.2) is 12.2 Å². The molecule has 3 aliphatic carbocycles. The Kier molecular flexibility index (Phi) is 1.64. The fourth-order valence-electron chi connectivity index (χ4n) is 4.48. The number of Topliss-reactive ketones (excluding diaryl/α,β-unsaturated/α-hetero) is 1. The predicted octanol–water partition coefficient (Wildman–Crippen LogP) is 3.35. The number of carbonyl (C=O) groups excluding carboxylic acids is 1. The number of hydrogen-bond acceptors (Lipinski definition) is 1. The quantitative estimate of drug-likeness (QED) is 0.553. The van der Waals surface area contributed by atoms with Crippen LogP contribution < -0.4 is 0 Å². The molecule has 0 heterocycles. The van der Waals surface area contributed by atoms with E-state index in [0.29, 0.717) is 17.6 Å². The standard InChI is InChI=1S/C14H20O/c1-9-11-4-5-12(15)14(11)7-6-10(8-14)13(9,2)3/h10-11H,1,4-8H2,2-3H3. The zero-order valence-electron chi connectivity index (χ0n) is 9.81. The molecule has 1 nitrogen and oxygen atoms in total. The van der Waals surface area contributed by atoms with Crippen LogP contribution in [0.3, 0.4) is 0 Å². The highest BCUT2D eigenvalue weighted by atomic mass is 16.1. The highest BCUT2D eigenvalue weighted by Crippen LogP contribution is 2.66. The Hall–Kier alpha value is -0.590. The molecular formula is C14H20O. The van der Waals surface area contributed by atoms with Gasteiger partial charge in [-0.05, 0) is 42.9 Å². The topological polar surface area (TPSA) is 17.1 Å². The van der Waals surface area contributed by atoms with Crippen LogP contribution in [-0.2, 0) is 4.79 Å². The van der Waals surface area contributed by atoms with Gasteiger partial charge < -0.3 is 0 Å². The average molecular weight is 204 g/mol. The SMILES string of the molecule is C=C1C2CCC(=O)C23CCC(C3)C1(C)C. The van der Waals surface area contributed by atoms with Crippen molar-refractivity contribution < 1.29 is 4.79 Å². The monoisotopic (exact) mass is 204 g/mol. The van der Waals surface area contributed by atoms with Crippen molar-refractivity contribution in [2.75, 3.05) is 0 Å². The van der Waals surface area contributed by atoms with Crippen LogP contribution in [0.4, 0.5) is 0 Å². The van der Waals surface area contributed by atoms with Crippen molar-refractivity contribution in [2.24, 2.45) is 22.7 Å². The molecule has 1 spiro atoms. The van der Waals surface area contributed by atoms with Crippen molar-refractivity contribution in [1.82, 2.24) is 0 Å². The lowest BCUT2D eigenvalue weighted by Gasteiger charge is -2.46. The van der Waals surface area contributed by atoms with Gasteiger partial charge in [0.15, 0.2) is 0 Å². The molecule has 3 saturated carbocycles. The second kappa shape index (κ2) is 2.56. The summed E-state index contributed by atoms with van der Waals surface area (Å²) in [6.07, 6.45) is 5.43. The van der Waals surface area contributed by atoms with Gasteiger partial charge in [-0.3, -0.25) is 4.79 Å². The average Bonchev–Trinajstić information content (AvgIpc) is 2.72. The molecule has 0 radical (unpaired) electrons. The summed E-state index contributed by atoms with van der Waals surface area (Å²) in [5, 5.41) is 0. The van der Waals surface area contributed by atoms with Crippen LogP contribution in [0.25, 0.3) is 0 Å². The number of hydrogen-bond donors (Lipinski definition) is 0. The van der Waals surface area contributed by atoms with Crippen LogP contribution in [0, 0.1) is 22.7 Å². The van der Waals surface area contributed by atoms with Crippen molar-refractivity contribution in [3.63, 3.8) is 0 Å². The zero-order valence-corrected chi connectivity index (χ0v) is 9.81. The Morgan fingerprint density at radius 3 is 2.80 bits per heavy atom. The second-order valence-electron chi connectivity index (χ2n) is 6.36. The van der Waals surface area contributed by atoms with Crippen molar-refractivity contribution in [2.45, 2.75) is 46.0 Å². The van der Waals surface area contributed by atoms with E-state index in [9.17, 15) is 4.79 Å². The molecule has 15 heavy (non-hydrogen) atoms. The Bertz CT molecular complexity index is 352. The number of allylic oxidation sites excluding steroid dienone is 1. The zero-order chi connectivity index (χ0) is 10.8. The molecule has 0 aliphatic heterocycles. The second-order valence-corrected chi connectivity index (χ2v) is 6.36. The van der Waals surface area contributed by atoms with Gasteiger partial charge in [0, 0.05) is 11.8 Å². The molecule has 3 aliphatic rings. The van der Waals surface area contributed by atoms with E-state index in [4.69, 9.17) is 0 Å². The summed E-state index contributed by atoms with van der Waals surface area (Å²) in [6, 6.07) is 0. The van der Waals surface area contributed by atoms with Crippen LogP contribution in [0.5, 0.6) is 0 Å². The lowest BCUT2D eigenvalue weighted by Crippen LogP contribution is -2.41. The van der Waals surface area contributed by atoms with Crippen molar-refractivity contribution in [1.29, 1.82) is 0 Å². The predicted molar refractivity (Wildman–Crippen MR) is 60.4 cm³/mol. The summed E-state index contributed by atoms with van der Waals surface area (Å²) >= 11 is 0. The number of carbonyl (C=O) groups is 1. The number of fused-ring (bicyclic) bond motifs is 1. The van der Waals surface area contributed by atoms with Gasteiger partial charge in [-0.1, -0.05) is 26.0 Å². The van der Waals surface area contributed by atoms with Crippen LogP contribution in [0.2, 0.25) is 0 Å². The molecule has 2 bridgehead atoms. The van der Waals surface area contributed by atoms with Gasteiger partial charge >= 0.3 is 0 Å². The maximum absolute atomic E-state index is 12.1. The Morgan fingerprint density at radius 2 is 2.07 bits per heavy atom. The molecule has 0 N–H and O–H groups in total. The lowest BCUT2D eigenvalue weighted by atomic mass is 9.57. The first kappa shape index (κ1) is 9.62. The summed E-state index contributed by atoms with van der Waals surface area (Å²) in [5.41, 5.74) is 1.70. The Labute approximate surface area is 91.9 Å². The number of rotatable bonds is 0. The largest absolute Gasteiger partial charge is 0.299 e. The van der Waals surface area contributed by atoms with Crippen LogP contribution in [-0.4, -0.2) is 5.78 Å². The molecule has 0 aromatic heterocycles. The van der Waals surface area contributed by atoms with Gasteiger partial charge in [0.25, 0.3) is 0 Å². The van der Waals surface area contributed by atoms with Gasteiger partial charge in [-0.15, -0.1) is 0 Å². The summed E-state index contributed by atoms with van der Waals surface area (Å²) in [4.78, 5) is 12.1. The van der Waals surface area contributed by atoms with E-state index >= 15 is 0 Å². The minimum absolute atomic E-state index is 0.0528. The van der Waals surface area contributed by atoms with E-state index in [2.05, 4.69) is 20.4 Å². The van der Waals surface area contributed by atoms with E-state index in [-0.39, 0.29) is 10.8 Å². The van der Waals surface area contributed by atoms with E-state index in [1.54, 1.807) is 0 Å². The van der Waals surface area contributed by atoms with Crippen molar-refractivity contribution in [3.8, 4) is 0 Å². The maximum Gasteiger partial charge on any atom is 0.139 e. The van der Waals surface area contributed by atoms with E-state index in [0.717, 1.165) is 25.7 Å². The molecule has 3 fully saturated rings. The third-order valence-corrected chi connectivity index (χ3v) is 5.70. The van der Waals surface area contributed by atoms with E-state index in [1.165, 1.54) is 12.0 Å². The number of ketones is 1. The minimum atomic E-state index is 0.0528. The van der Waals surface area contributed by atoms with Crippen molar-refractivity contribution in [3.05, 3.63) is 12.2 Å². The van der Waals surface area contributed by atoms with Gasteiger partial charge in [-0.25, -0.2) is 0 Å². The van der Waals surface area contributed by atoms with Crippen LogP contribution >= 0.6 is 0 Å². The Balaban J connectivity index is 2.10. The van der Waals surface area contributed by atoms with Gasteiger partial charge in [0.1, 0.15) is 5.78 Å². The van der Waals surface area contributed by atoms with Gasteiger partial charge in [0.2, 0.25) is 0 Å². The highest BCUT2D eigenvalue weighted by Gasteiger charge is 2.62. The third-order valence-electron chi connectivity index (χ3n) is 5.70. The molecule has 1 heteroatoms. The van der Waals surface area contributed by atoms with Gasteiger partial charge in [-0.2, -0.15) is 0 Å². The molecule has 3 rings (SSSR count). The highest BCUT2D eigenvalue weighted by molar-refractivity contribution is 5.88. The third kappa shape index (κ3) is 0.926. The van der Waals surface area contributed by atoms with E-state index < -0.39 is 0 Å². The first-order chi connectivity index (χ1) is 6.98. The first-order valence-electron chi connectivity index (χ1n) is 6.21. The molecule has 0 aromatic rings. The molecule has 0 aromatic carbocycles. The van der Waals surface area contributed by atoms with Crippen LogP contribution in [0.1, 0.15) is 46.0 Å². The first-order valence-corrected chi connectivity index (χ1v) is 6.21. The summed E-state index contributed by atoms with van der Waals surface area (Å²) in [6.45, 7) is 8.99. The minimum Gasteiger partial charge on any atom is -0.299 e. The Morgan fingerprint density at radius 1 is 1.33 bits per heavy atom. The smallest absolute Gasteiger partial charge is 0.139 e. The fourth-order valence-corrected chi connectivity index (χ4v) is 4.48. The summed E-state index contributed by atoms with van der Waals surface area (Å²) in [7, 11) is 0. The summed E-state index contributed by atoms with van der Waals surface area (Å²) < 4.78 is 0. The molecule has 0 saturated heterocycles. The van der Waals surface area contributed by atoms with E-state index in [1.807, 2.05) is 0 Å². The van der Waals surface area contributed by atoms with Gasteiger partial charge in [0.05, 0.1) is 0 Å². The normalized spacial score (nSPS) is 47.1. The molecular weight excluding hydrogens is 184 g/mol. The lowest BCUT2D eigenvalue weighted by molar-refractivity contribution is -0.127.